The minimum Gasteiger partial charge on any atom is -0.480 e. The van der Waals surface area contributed by atoms with E-state index < -0.39 is 186 Å². The highest BCUT2D eigenvalue weighted by Crippen LogP contribution is 1.99. The highest BCUT2D eigenvalue weighted by atomic mass is 16.4. The molecule has 0 aliphatic rings. The average Bonchev–Trinajstić information content (AvgIpc) is 3.37. The first kappa shape index (κ1) is 72.5. The van der Waals surface area contributed by atoms with Crippen LogP contribution in [0.5, 0.6) is 0 Å². The normalized spacial score (nSPS) is 15.9. The Hall–Kier alpha value is -8.52. The zero-order valence-corrected chi connectivity index (χ0v) is 47.8. The maximum absolute atomic E-state index is 12.8. The van der Waals surface area contributed by atoms with E-state index in [9.17, 15) is 81.8 Å². The molecule has 0 fully saturated rings. The largest absolute Gasteiger partial charge is 0.480 e. The van der Waals surface area contributed by atoms with E-state index >= 15 is 0 Å². The summed E-state index contributed by atoms with van der Waals surface area (Å²) in [7, 11) is 0. The lowest BCUT2D eigenvalue weighted by molar-refractivity contribution is -0.141. The third-order valence-corrected chi connectivity index (χ3v) is 11.5. The molecule has 81 heavy (non-hydrogen) atoms. The lowest BCUT2D eigenvalue weighted by Gasteiger charge is -2.23. The van der Waals surface area contributed by atoms with Gasteiger partial charge in [-0.25, -0.2) is 0 Å². The molecule has 33 nitrogen and oxygen atoms in total. The summed E-state index contributed by atoms with van der Waals surface area (Å²) < 4.78 is 0. The van der Waals surface area contributed by atoms with Crippen molar-refractivity contribution in [1.82, 2.24) is 79.8 Å². The van der Waals surface area contributed by atoms with Gasteiger partial charge in [0.1, 0.15) is 84.6 Å². The number of carbonyl (C=O) groups is 16. The highest BCUT2D eigenvalue weighted by Gasteiger charge is 2.31. The Labute approximate surface area is 467 Å². The molecule has 0 spiro atoms. The Morgan fingerprint density at radius 3 is 0.778 bits per heavy atom. The number of hydrogen-bond donors (Lipinski definition) is 17. The number of carboxylic acid groups (broad SMARTS) is 1. The molecule has 17 N–H and O–H groups in total. The summed E-state index contributed by atoms with van der Waals surface area (Å²) in [6.07, 6.45) is -0.0792. The smallest absolute Gasteiger partial charge is 0.325 e. The van der Waals surface area contributed by atoms with E-state index in [1.807, 2.05) is 0 Å². The lowest BCUT2D eigenvalue weighted by Crippen LogP contribution is -2.59. The van der Waals surface area contributed by atoms with E-state index in [1.54, 1.807) is 0 Å². The van der Waals surface area contributed by atoms with Gasteiger partial charge >= 0.3 is 5.97 Å². The predicted molar refractivity (Wildman–Crippen MR) is 283 cm³/mol. The fourth-order valence-corrected chi connectivity index (χ4v) is 6.27. The second kappa shape index (κ2) is 35.2. The minimum atomic E-state index is -1.60. The molecule has 0 aromatic carbocycles. The van der Waals surface area contributed by atoms with Crippen LogP contribution < -0.4 is 79.8 Å². The second-order valence-electron chi connectivity index (χ2n) is 19.2. The minimum absolute atomic E-state index is 0.0365. The third kappa shape index (κ3) is 27.3. The van der Waals surface area contributed by atoms with Crippen molar-refractivity contribution in [2.45, 2.75) is 194 Å². The van der Waals surface area contributed by atoms with E-state index in [0.29, 0.717) is 0 Å². The molecule has 0 aliphatic carbocycles. The van der Waals surface area contributed by atoms with E-state index in [4.69, 9.17) is 5.11 Å². The maximum Gasteiger partial charge on any atom is 0.325 e. The van der Waals surface area contributed by atoms with Gasteiger partial charge in [-0.1, -0.05) is 0 Å². The monoisotopic (exact) mass is 1160 g/mol. The molecule has 0 radical (unpaired) electrons. The summed E-state index contributed by atoms with van der Waals surface area (Å²) in [5.41, 5.74) is 0. The van der Waals surface area contributed by atoms with E-state index in [-0.39, 0.29) is 19.4 Å². The van der Waals surface area contributed by atoms with Crippen molar-refractivity contribution in [3.05, 3.63) is 0 Å². The molecule has 0 saturated heterocycles. The van der Waals surface area contributed by atoms with Crippen LogP contribution in [0.1, 0.15) is 110 Å². The van der Waals surface area contributed by atoms with Crippen LogP contribution in [0.2, 0.25) is 0 Å². The Bertz CT molecular complexity index is 2340. The summed E-state index contributed by atoms with van der Waals surface area (Å²) in [5.74, 6) is -12.7. The molecular weight excluding hydrogens is 1070 g/mol. The Morgan fingerprint density at radius 1 is 0.296 bits per heavy atom. The van der Waals surface area contributed by atoms with Gasteiger partial charge in [-0.05, 0) is 96.4 Å². The van der Waals surface area contributed by atoms with Crippen LogP contribution in [-0.2, 0) is 76.7 Å². The second-order valence-corrected chi connectivity index (χ2v) is 19.2. The SMILES string of the molecule is CC(=O)N[C@@H](C)C(=O)N[C@@H](C)C(=O)N[C@@H](C)C(=O)N[C@@H](C)C(=O)N[C@@H](C)C(=O)N[C@@H](C)C(=O)N[C@@H](C)C(=O)NCCCC(=O)N[C@@H](C)C(=O)N[C@@H](C)C(=O)N[C@@H](C)C(=O)N[C@@H](CO)C(=O)N[C@@H](C)C(=O)N[C@@H](C)C(=O)N[C@@H](C)C(=O)O. The number of aliphatic carboxylic acids is 1. The molecule has 0 heterocycles. The number of carboxylic acids is 1. The van der Waals surface area contributed by atoms with Crippen molar-refractivity contribution in [1.29, 1.82) is 0 Å². The Kier molecular flexibility index (Phi) is 31.5. The molecule has 14 atom stereocenters. The van der Waals surface area contributed by atoms with Crippen LogP contribution in [0.25, 0.3) is 0 Å². The lowest BCUT2D eigenvalue weighted by atomic mass is 10.2. The molecule has 0 unspecified atom stereocenters. The van der Waals surface area contributed by atoms with Gasteiger partial charge in [0.2, 0.25) is 88.6 Å². The van der Waals surface area contributed by atoms with E-state index in [2.05, 4.69) is 79.8 Å². The van der Waals surface area contributed by atoms with Gasteiger partial charge in [-0.3, -0.25) is 76.7 Å². The number of rotatable bonds is 33. The number of nitrogens with one attached hydrogen (secondary N) is 15. The predicted octanol–water partition coefficient (Wildman–Crippen LogP) is -7.97. The summed E-state index contributed by atoms with van der Waals surface area (Å²) in [4.78, 5) is 199. The van der Waals surface area contributed by atoms with Gasteiger partial charge < -0.3 is 90.0 Å². The van der Waals surface area contributed by atoms with Crippen molar-refractivity contribution >= 4 is 94.6 Å². The van der Waals surface area contributed by atoms with Gasteiger partial charge in [0.15, 0.2) is 0 Å². The molecule has 33 heteroatoms. The molecule has 0 aliphatic heterocycles. The summed E-state index contributed by atoms with van der Waals surface area (Å²) in [6, 6.07) is -16.9. The number of aliphatic hydroxyl groups is 1. The molecular formula is C48H81N15O18. The average molecular weight is 1160 g/mol. The number of amides is 15. The number of carbonyl (C=O) groups excluding carboxylic acids is 15. The van der Waals surface area contributed by atoms with Crippen LogP contribution in [0.4, 0.5) is 0 Å². The standard InChI is InChI=1S/C48H81N15O18/c1-19(52-38(70)22(4)55-40(72)25(7)57-42(74)27(9)58-41(73)26(8)56-39(71)23(5)53-36(68)20(2)50-32(14)65)35(67)49-17-15-16-34(66)51-21(3)37(69)54-24(6)43(75)60-30(12)46(78)63-33(18-64)47(79)61-29(11)44(76)59-28(10)45(77)62-31(13)48(80)81/h19-31,33,64H,15-18H2,1-14H3,(H,49,67)(H,50,65)(H,51,66)(H,52,70)(H,53,68)(H,54,69)(H,55,72)(H,56,71)(H,57,74)(H,58,73)(H,59,76)(H,60,75)(H,61,79)(H,62,77)(H,63,78)(H,80,81)/t19-,20-,21-,22-,23-,24-,25-,26-,27-,28-,29-,30-,31-,33-/m0/s1. The van der Waals surface area contributed by atoms with Crippen LogP contribution >= 0.6 is 0 Å². The van der Waals surface area contributed by atoms with Crippen molar-refractivity contribution in [2.24, 2.45) is 0 Å². The molecule has 0 bridgehead atoms. The van der Waals surface area contributed by atoms with Crippen LogP contribution in [-0.4, -0.2) is 203 Å². The Balaban J connectivity index is 4.82. The van der Waals surface area contributed by atoms with Gasteiger partial charge in [0, 0.05) is 19.9 Å². The van der Waals surface area contributed by atoms with Gasteiger partial charge in [-0.2, -0.15) is 0 Å². The molecule has 0 saturated carbocycles. The topological polar surface area (TPSA) is 494 Å². The highest BCUT2D eigenvalue weighted by molar-refractivity contribution is 5.99. The van der Waals surface area contributed by atoms with Crippen LogP contribution in [0.15, 0.2) is 0 Å². The van der Waals surface area contributed by atoms with Gasteiger partial charge in [0.05, 0.1) is 6.61 Å². The number of hydrogen-bond acceptors (Lipinski definition) is 17. The van der Waals surface area contributed by atoms with Crippen molar-refractivity contribution in [3.63, 3.8) is 0 Å². The van der Waals surface area contributed by atoms with Gasteiger partial charge in [0.25, 0.3) is 0 Å². The Morgan fingerprint density at radius 2 is 0.519 bits per heavy atom. The quantitative estimate of drug-likeness (QED) is 0.0271. The fraction of sp³-hybridized carbons (Fsp3) is 0.667. The molecule has 0 rings (SSSR count). The zero-order valence-electron chi connectivity index (χ0n) is 47.8. The molecule has 0 aromatic rings. The van der Waals surface area contributed by atoms with Crippen molar-refractivity contribution in [2.75, 3.05) is 13.2 Å². The fourth-order valence-electron chi connectivity index (χ4n) is 6.27. The molecule has 456 valence electrons. The molecule has 0 aromatic heterocycles. The van der Waals surface area contributed by atoms with Crippen LogP contribution in [0, 0.1) is 0 Å². The number of aliphatic hydroxyl groups excluding tert-OH is 1. The summed E-state index contributed by atoms with van der Waals surface area (Å²) in [5, 5.41) is 54.1. The first-order valence-electron chi connectivity index (χ1n) is 25.8. The summed E-state index contributed by atoms with van der Waals surface area (Å²) in [6.45, 7) is 17.2. The van der Waals surface area contributed by atoms with Gasteiger partial charge in [-0.15, -0.1) is 0 Å². The maximum atomic E-state index is 12.8. The summed E-state index contributed by atoms with van der Waals surface area (Å²) >= 11 is 0. The first-order valence-corrected chi connectivity index (χ1v) is 25.8. The molecule has 15 amide bonds. The van der Waals surface area contributed by atoms with Crippen molar-refractivity contribution in [3.8, 4) is 0 Å². The van der Waals surface area contributed by atoms with E-state index in [0.717, 1.165) is 0 Å². The zero-order chi connectivity index (χ0) is 62.8. The van der Waals surface area contributed by atoms with Crippen molar-refractivity contribution < 1.29 is 86.9 Å². The first-order chi connectivity index (χ1) is 37.4. The van der Waals surface area contributed by atoms with E-state index in [1.165, 1.54) is 96.9 Å². The third-order valence-electron chi connectivity index (χ3n) is 11.5. The van der Waals surface area contributed by atoms with Crippen LogP contribution in [0.3, 0.4) is 0 Å².